The smallest absolute Gasteiger partial charge is 0.223 e. The zero-order valence-electron chi connectivity index (χ0n) is 8.72. The molecule has 0 heterocycles. The summed E-state index contributed by atoms with van der Waals surface area (Å²) in [6.07, 6.45) is 12.8. The Kier molecular flexibility index (Phi) is 5.14. The average Bonchev–Trinajstić information content (AvgIpc) is 2.46. The molecule has 0 aromatic rings. The summed E-state index contributed by atoms with van der Waals surface area (Å²) in [6, 6.07) is 0. The lowest BCUT2D eigenvalue weighted by atomic mass is 9.99. The van der Waals surface area contributed by atoms with Gasteiger partial charge in [0.25, 0.3) is 0 Å². The van der Waals surface area contributed by atoms with Crippen LogP contribution in [0.15, 0.2) is 0 Å². The molecule has 1 N–H and O–H groups in total. The summed E-state index contributed by atoms with van der Waals surface area (Å²) in [5.41, 5.74) is 0. The van der Waals surface area contributed by atoms with Crippen LogP contribution in [0.1, 0.15) is 44.9 Å². The lowest BCUT2D eigenvalue weighted by molar-refractivity contribution is -0.125. The molecule has 1 aliphatic rings. The van der Waals surface area contributed by atoms with Gasteiger partial charge in [-0.1, -0.05) is 25.7 Å². The highest BCUT2D eigenvalue weighted by Crippen LogP contribution is 2.22. The Labute approximate surface area is 86.5 Å². The van der Waals surface area contributed by atoms with Gasteiger partial charge in [-0.25, -0.2) is 0 Å². The Morgan fingerprint density at radius 1 is 1.29 bits per heavy atom. The monoisotopic (exact) mass is 193 g/mol. The van der Waals surface area contributed by atoms with E-state index in [-0.39, 0.29) is 11.8 Å². The Morgan fingerprint density at radius 2 is 1.93 bits per heavy atom. The SMILES string of the molecule is C#CCCNC(=O)C1CCCCCC1. The van der Waals surface area contributed by atoms with Crippen LogP contribution in [-0.4, -0.2) is 12.5 Å². The van der Waals surface area contributed by atoms with Gasteiger partial charge in [-0.3, -0.25) is 4.79 Å². The molecule has 78 valence electrons. The van der Waals surface area contributed by atoms with Crippen LogP contribution < -0.4 is 5.32 Å². The first-order valence-electron chi connectivity index (χ1n) is 5.56. The highest BCUT2D eigenvalue weighted by atomic mass is 16.1. The predicted molar refractivity (Wildman–Crippen MR) is 57.7 cm³/mol. The van der Waals surface area contributed by atoms with Crippen LogP contribution in [-0.2, 0) is 4.79 Å². The van der Waals surface area contributed by atoms with Crippen LogP contribution in [0.25, 0.3) is 0 Å². The van der Waals surface area contributed by atoms with Crippen LogP contribution in [0.5, 0.6) is 0 Å². The topological polar surface area (TPSA) is 29.1 Å². The third-order valence-corrected chi connectivity index (χ3v) is 2.79. The number of amides is 1. The van der Waals surface area contributed by atoms with Crippen molar-refractivity contribution in [2.45, 2.75) is 44.9 Å². The van der Waals surface area contributed by atoms with Gasteiger partial charge in [0.05, 0.1) is 0 Å². The van der Waals surface area contributed by atoms with E-state index in [4.69, 9.17) is 6.42 Å². The van der Waals surface area contributed by atoms with Crippen molar-refractivity contribution in [1.82, 2.24) is 5.32 Å². The second kappa shape index (κ2) is 6.48. The van der Waals surface area contributed by atoms with Gasteiger partial charge < -0.3 is 5.32 Å². The average molecular weight is 193 g/mol. The number of hydrogen-bond acceptors (Lipinski definition) is 1. The van der Waals surface area contributed by atoms with E-state index in [0.717, 1.165) is 12.8 Å². The number of carbonyl (C=O) groups is 1. The van der Waals surface area contributed by atoms with Gasteiger partial charge in [0.1, 0.15) is 0 Å². The van der Waals surface area contributed by atoms with Gasteiger partial charge in [-0.05, 0) is 12.8 Å². The maximum absolute atomic E-state index is 11.6. The molecule has 1 amide bonds. The molecule has 1 rings (SSSR count). The molecule has 0 radical (unpaired) electrons. The van der Waals surface area contributed by atoms with Crippen molar-refractivity contribution in [2.24, 2.45) is 5.92 Å². The standard InChI is InChI=1S/C12H19NO/c1-2-3-10-13-12(14)11-8-6-4-5-7-9-11/h1,11H,3-10H2,(H,13,14). The van der Waals surface area contributed by atoms with Crippen molar-refractivity contribution < 1.29 is 4.79 Å². The molecule has 14 heavy (non-hydrogen) atoms. The lowest BCUT2D eigenvalue weighted by Crippen LogP contribution is -2.31. The van der Waals surface area contributed by atoms with Crippen molar-refractivity contribution >= 4 is 5.91 Å². The van der Waals surface area contributed by atoms with Crippen LogP contribution in [0.2, 0.25) is 0 Å². The molecular weight excluding hydrogens is 174 g/mol. The fourth-order valence-corrected chi connectivity index (χ4v) is 1.94. The minimum absolute atomic E-state index is 0.210. The molecule has 2 nitrogen and oxygen atoms in total. The zero-order valence-corrected chi connectivity index (χ0v) is 8.72. The summed E-state index contributed by atoms with van der Waals surface area (Å²) in [5, 5.41) is 2.90. The van der Waals surface area contributed by atoms with Crippen LogP contribution in [0.4, 0.5) is 0 Å². The summed E-state index contributed by atoms with van der Waals surface area (Å²) in [4.78, 5) is 11.6. The van der Waals surface area contributed by atoms with Crippen molar-refractivity contribution in [3.8, 4) is 12.3 Å². The van der Waals surface area contributed by atoms with E-state index in [0.29, 0.717) is 13.0 Å². The Morgan fingerprint density at radius 3 is 2.50 bits per heavy atom. The minimum Gasteiger partial charge on any atom is -0.355 e. The Hall–Kier alpha value is -0.970. The number of hydrogen-bond donors (Lipinski definition) is 1. The molecule has 0 bridgehead atoms. The fraction of sp³-hybridized carbons (Fsp3) is 0.750. The van der Waals surface area contributed by atoms with E-state index in [2.05, 4.69) is 11.2 Å². The van der Waals surface area contributed by atoms with E-state index < -0.39 is 0 Å². The maximum Gasteiger partial charge on any atom is 0.223 e. The molecule has 0 aromatic heterocycles. The van der Waals surface area contributed by atoms with E-state index in [9.17, 15) is 4.79 Å². The van der Waals surface area contributed by atoms with Gasteiger partial charge in [-0.2, -0.15) is 0 Å². The predicted octanol–water partition coefficient (Wildman–Crippen LogP) is 2.10. The third-order valence-electron chi connectivity index (χ3n) is 2.79. The first-order valence-corrected chi connectivity index (χ1v) is 5.56. The second-order valence-corrected chi connectivity index (χ2v) is 3.93. The highest BCUT2D eigenvalue weighted by Gasteiger charge is 2.18. The van der Waals surface area contributed by atoms with Gasteiger partial charge in [0.15, 0.2) is 0 Å². The van der Waals surface area contributed by atoms with Gasteiger partial charge in [0, 0.05) is 18.9 Å². The summed E-state index contributed by atoms with van der Waals surface area (Å²) in [6.45, 7) is 0.631. The second-order valence-electron chi connectivity index (χ2n) is 3.93. The first kappa shape index (κ1) is 11.1. The molecular formula is C12H19NO. The number of rotatable bonds is 3. The minimum atomic E-state index is 0.210. The largest absolute Gasteiger partial charge is 0.355 e. The van der Waals surface area contributed by atoms with Crippen molar-refractivity contribution in [3.63, 3.8) is 0 Å². The molecule has 1 fully saturated rings. The number of carbonyl (C=O) groups excluding carboxylic acids is 1. The zero-order chi connectivity index (χ0) is 10.2. The van der Waals surface area contributed by atoms with Crippen molar-refractivity contribution in [2.75, 3.05) is 6.54 Å². The number of nitrogens with one attached hydrogen (secondary N) is 1. The maximum atomic E-state index is 11.6. The first-order chi connectivity index (χ1) is 6.84. The summed E-state index contributed by atoms with van der Waals surface area (Å²) in [7, 11) is 0. The van der Waals surface area contributed by atoms with Gasteiger partial charge in [-0.15, -0.1) is 12.3 Å². The molecule has 0 aromatic carbocycles. The summed E-state index contributed by atoms with van der Waals surface area (Å²) < 4.78 is 0. The molecule has 1 aliphatic carbocycles. The normalized spacial score (nSPS) is 18.2. The van der Waals surface area contributed by atoms with E-state index in [1.54, 1.807) is 0 Å². The van der Waals surface area contributed by atoms with Crippen LogP contribution in [0.3, 0.4) is 0 Å². The van der Waals surface area contributed by atoms with Gasteiger partial charge in [0.2, 0.25) is 5.91 Å². The molecule has 2 heteroatoms. The summed E-state index contributed by atoms with van der Waals surface area (Å²) >= 11 is 0. The van der Waals surface area contributed by atoms with Crippen LogP contribution in [0, 0.1) is 18.3 Å². The quantitative estimate of drug-likeness (QED) is 0.415. The van der Waals surface area contributed by atoms with E-state index >= 15 is 0 Å². The van der Waals surface area contributed by atoms with E-state index in [1.807, 2.05) is 0 Å². The molecule has 0 atom stereocenters. The molecule has 0 spiro atoms. The lowest BCUT2D eigenvalue weighted by Gasteiger charge is -2.13. The molecule has 0 aliphatic heterocycles. The molecule has 1 saturated carbocycles. The molecule has 0 unspecified atom stereocenters. The summed E-state index contributed by atoms with van der Waals surface area (Å²) in [5.74, 6) is 2.98. The Bertz CT molecular complexity index is 209. The van der Waals surface area contributed by atoms with Gasteiger partial charge >= 0.3 is 0 Å². The van der Waals surface area contributed by atoms with Crippen molar-refractivity contribution in [1.29, 1.82) is 0 Å². The Balaban J connectivity index is 2.24. The molecule has 0 saturated heterocycles. The third kappa shape index (κ3) is 3.83. The number of terminal acetylenes is 1. The van der Waals surface area contributed by atoms with Crippen molar-refractivity contribution in [3.05, 3.63) is 0 Å². The fourth-order valence-electron chi connectivity index (χ4n) is 1.94. The van der Waals surface area contributed by atoms with Crippen LogP contribution >= 0.6 is 0 Å². The van der Waals surface area contributed by atoms with E-state index in [1.165, 1.54) is 25.7 Å². The highest BCUT2D eigenvalue weighted by molar-refractivity contribution is 5.78.